The normalized spacial score (nSPS) is 19.7. The zero-order valence-corrected chi connectivity index (χ0v) is 17.5. The van der Waals surface area contributed by atoms with Crippen LogP contribution in [0, 0.1) is 0 Å². The standard InChI is InChI=1S/C22H25N3O4S/c26-21-12-15-30(28,29)25(21)19-10-8-18(9-11-19)22(27)23-16-20(24-13-4-5-14-24)17-6-2-1-3-7-17/h1-3,6-11,20H,4-5,12-16H2,(H,23,27). The van der Waals surface area contributed by atoms with Crippen LogP contribution in [0.2, 0.25) is 0 Å². The smallest absolute Gasteiger partial charge is 0.251 e. The number of anilines is 1. The molecule has 7 nitrogen and oxygen atoms in total. The zero-order chi connectivity index (χ0) is 21.1. The molecule has 0 saturated carbocycles. The second-order valence-corrected chi connectivity index (χ2v) is 9.59. The van der Waals surface area contributed by atoms with Crippen LogP contribution >= 0.6 is 0 Å². The number of carbonyl (C=O) groups is 2. The lowest BCUT2D eigenvalue weighted by Crippen LogP contribution is -2.36. The Balaban J connectivity index is 1.45. The number of hydrogen-bond acceptors (Lipinski definition) is 5. The topological polar surface area (TPSA) is 86.8 Å². The van der Waals surface area contributed by atoms with Crippen LogP contribution in [0.25, 0.3) is 0 Å². The van der Waals surface area contributed by atoms with E-state index >= 15 is 0 Å². The molecule has 2 amide bonds. The summed E-state index contributed by atoms with van der Waals surface area (Å²) in [6.07, 6.45) is 2.32. The van der Waals surface area contributed by atoms with Crippen LogP contribution < -0.4 is 9.62 Å². The Morgan fingerprint density at radius 1 is 1.00 bits per heavy atom. The van der Waals surface area contributed by atoms with Gasteiger partial charge in [0.15, 0.2) is 0 Å². The van der Waals surface area contributed by atoms with E-state index < -0.39 is 15.9 Å². The number of nitrogens with one attached hydrogen (secondary N) is 1. The van der Waals surface area contributed by atoms with Gasteiger partial charge in [-0.1, -0.05) is 30.3 Å². The van der Waals surface area contributed by atoms with Gasteiger partial charge in [-0.2, -0.15) is 0 Å². The van der Waals surface area contributed by atoms with Gasteiger partial charge in [0.1, 0.15) is 0 Å². The minimum Gasteiger partial charge on any atom is -0.350 e. The van der Waals surface area contributed by atoms with Gasteiger partial charge in [0.2, 0.25) is 15.9 Å². The van der Waals surface area contributed by atoms with Crippen molar-refractivity contribution in [3.8, 4) is 0 Å². The third-order valence-electron chi connectivity index (χ3n) is 5.66. The van der Waals surface area contributed by atoms with E-state index in [9.17, 15) is 18.0 Å². The Morgan fingerprint density at radius 2 is 1.67 bits per heavy atom. The molecular formula is C22H25N3O4S. The Morgan fingerprint density at radius 3 is 2.27 bits per heavy atom. The molecule has 158 valence electrons. The van der Waals surface area contributed by atoms with Crippen molar-refractivity contribution < 1.29 is 18.0 Å². The van der Waals surface area contributed by atoms with Crippen LogP contribution in [0.1, 0.15) is 41.2 Å². The summed E-state index contributed by atoms with van der Waals surface area (Å²) in [5.74, 6) is -0.841. The summed E-state index contributed by atoms with van der Waals surface area (Å²) in [4.78, 5) is 27.0. The van der Waals surface area contributed by atoms with Crippen molar-refractivity contribution in [1.82, 2.24) is 10.2 Å². The highest BCUT2D eigenvalue weighted by molar-refractivity contribution is 7.94. The van der Waals surface area contributed by atoms with Gasteiger partial charge in [-0.15, -0.1) is 0 Å². The molecule has 0 bridgehead atoms. The first-order valence-electron chi connectivity index (χ1n) is 10.2. The fraction of sp³-hybridized carbons (Fsp3) is 0.364. The molecule has 1 atom stereocenters. The van der Waals surface area contributed by atoms with E-state index in [1.54, 1.807) is 12.1 Å². The molecule has 2 saturated heterocycles. The maximum absolute atomic E-state index is 12.7. The quantitative estimate of drug-likeness (QED) is 0.765. The molecular weight excluding hydrogens is 402 g/mol. The van der Waals surface area contributed by atoms with E-state index in [2.05, 4.69) is 22.3 Å². The fourth-order valence-electron chi connectivity index (χ4n) is 4.09. The molecule has 2 aromatic carbocycles. The molecule has 4 rings (SSSR count). The van der Waals surface area contributed by atoms with Crippen LogP contribution in [0.15, 0.2) is 54.6 Å². The molecule has 0 radical (unpaired) electrons. The number of hydrogen-bond donors (Lipinski definition) is 1. The number of nitrogens with zero attached hydrogens (tertiary/aromatic N) is 2. The molecule has 2 fully saturated rings. The summed E-state index contributed by atoms with van der Waals surface area (Å²) in [5.41, 5.74) is 1.87. The van der Waals surface area contributed by atoms with Gasteiger partial charge < -0.3 is 5.32 Å². The Kier molecular flexibility index (Phi) is 5.87. The third-order valence-corrected chi connectivity index (χ3v) is 7.36. The average molecular weight is 428 g/mol. The van der Waals surface area contributed by atoms with Crippen molar-refractivity contribution in [2.75, 3.05) is 29.7 Å². The number of sulfonamides is 1. The number of benzene rings is 2. The number of rotatable bonds is 6. The highest BCUT2D eigenvalue weighted by Crippen LogP contribution is 2.26. The summed E-state index contributed by atoms with van der Waals surface area (Å²) in [5, 5.41) is 3.01. The lowest BCUT2D eigenvalue weighted by atomic mass is 10.1. The van der Waals surface area contributed by atoms with Crippen molar-refractivity contribution in [1.29, 1.82) is 0 Å². The second kappa shape index (κ2) is 8.57. The SMILES string of the molecule is O=C(NCC(c1ccccc1)N1CCCC1)c1ccc(N2C(=O)CCS2(=O)=O)cc1. The summed E-state index contributed by atoms with van der Waals surface area (Å²) >= 11 is 0. The van der Waals surface area contributed by atoms with E-state index in [0.717, 1.165) is 30.2 Å². The Labute approximate surface area is 176 Å². The molecule has 2 heterocycles. The van der Waals surface area contributed by atoms with Gasteiger partial charge in [-0.25, -0.2) is 12.7 Å². The molecule has 1 N–H and O–H groups in total. The molecule has 8 heteroatoms. The highest BCUT2D eigenvalue weighted by atomic mass is 32.2. The van der Waals surface area contributed by atoms with E-state index in [4.69, 9.17) is 0 Å². The average Bonchev–Trinajstić information content (AvgIpc) is 3.37. The summed E-state index contributed by atoms with van der Waals surface area (Å²) < 4.78 is 24.9. The van der Waals surface area contributed by atoms with Crippen LogP contribution in [0.3, 0.4) is 0 Å². The maximum atomic E-state index is 12.7. The van der Waals surface area contributed by atoms with E-state index in [1.165, 1.54) is 17.7 Å². The molecule has 2 aromatic rings. The van der Waals surface area contributed by atoms with E-state index in [1.807, 2.05) is 18.2 Å². The first-order valence-corrected chi connectivity index (χ1v) is 11.8. The Bertz CT molecular complexity index is 1020. The predicted molar refractivity (Wildman–Crippen MR) is 115 cm³/mol. The summed E-state index contributed by atoms with van der Waals surface area (Å²) in [6, 6.07) is 16.4. The third kappa shape index (κ3) is 4.24. The first kappa shape index (κ1) is 20.6. The highest BCUT2D eigenvalue weighted by Gasteiger charge is 2.36. The molecule has 0 spiro atoms. The number of amides is 2. The lowest BCUT2D eigenvalue weighted by molar-refractivity contribution is -0.116. The second-order valence-electron chi connectivity index (χ2n) is 7.65. The first-order chi connectivity index (χ1) is 14.5. The molecule has 0 aliphatic carbocycles. The van der Waals surface area contributed by atoms with Gasteiger partial charge in [0.25, 0.3) is 5.91 Å². The van der Waals surface area contributed by atoms with Crippen molar-refractivity contribution in [3.05, 3.63) is 65.7 Å². The van der Waals surface area contributed by atoms with Crippen LogP contribution in [0.5, 0.6) is 0 Å². The minimum absolute atomic E-state index is 0.0120. The van der Waals surface area contributed by atoms with Crippen LogP contribution in [-0.4, -0.2) is 50.5 Å². The summed E-state index contributed by atoms with van der Waals surface area (Å²) in [6.45, 7) is 2.52. The monoisotopic (exact) mass is 427 g/mol. The number of likely N-dealkylation sites (tertiary alicyclic amines) is 1. The Hall–Kier alpha value is -2.71. The molecule has 2 aliphatic rings. The van der Waals surface area contributed by atoms with Gasteiger partial charge >= 0.3 is 0 Å². The van der Waals surface area contributed by atoms with Gasteiger partial charge in [-0.05, 0) is 55.8 Å². The van der Waals surface area contributed by atoms with Crippen molar-refractivity contribution in [2.24, 2.45) is 0 Å². The fourth-order valence-corrected chi connectivity index (χ4v) is 5.55. The van der Waals surface area contributed by atoms with E-state index in [0.29, 0.717) is 12.1 Å². The van der Waals surface area contributed by atoms with E-state index in [-0.39, 0.29) is 29.8 Å². The van der Waals surface area contributed by atoms with Crippen molar-refractivity contribution in [2.45, 2.75) is 25.3 Å². The zero-order valence-electron chi connectivity index (χ0n) is 16.7. The number of carbonyl (C=O) groups excluding carboxylic acids is 2. The lowest BCUT2D eigenvalue weighted by Gasteiger charge is -2.28. The van der Waals surface area contributed by atoms with Gasteiger partial charge in [-0.3, -0.25) is 14.5 Å². The molecule has 2 aliphatic heterocycles. The van der Waals surface area contributed by atoms with Crippen molar-refractivity contribution >= 4 is 27.5 Å². The van der Waals surface area contributed by atoms with Gasteiger partial charge in [0.05, 0.1) is 17.5 Å². The van der Waals surface area contributed by atoms with Gasteiger partial charge in [0, 0.05) is 18.5 Å². The van der Waals surface area contributed by atoms with Crippen LogP contribution in [0.4, 0.5) is 5.69 Å². The largest absolute Gasteiger partial charge is 0.350 e. The molecule has 1 unspecified atom stereocenters. The summed E-state index contributed by atoms with van der Waals surface area (Å²) in [7, 11) is -3.61. The van der Waals surface area contributed by atoms with Crippen molar-refractivity contribution in [3.63, 3.8) is 0 Å². The maximum Gasteiger partial charge on any atom is 0.251 e. The minimum atomic E-state index is -3.61. The predicted octanol–water partition coefficient (Wildman–Crippen LogP) is 2.32. The molecule has 30 heavy (non-hydrogen) atoms. The molecule has 0 aromatic heterocycles. The van der Waals surface area contributed by atoms with Crippen LogP contribution in [-0.2, 0) is 14.8 Å².